The molecule has 0 N–H and O–H groups in total. The Kier molecular flexibility index (Phi) is 11.4. The Labute approximate surface area is 190 Å². The fraction of sp³-hybridized carbons (Fsp3) is 0. The minimum atomic E-state index is -2.47. The number of hydrogen-bond acceptors (Lipinski definition) is 6. The van der Waals surface area contributed by atoms with E-state index >= 15 is 0 Å². The van der Waals surface area contributed by atoms with Crippen LogP contribution in [0.1, 0.15) is 20.7 Å². The van der Waals surface area contributed by atoms with Crippen LogP contribution in [0.5, 0.6) is 11.5 Å². The molecule has 6 nitrogen and oxygen atoms in total. The predicted molar refractivity (Wildman–Crippen MR) is 62.8 cm³/mol. The molecule has 0 aromatic heterocycles. The van der Waals surface area contributed by atoms with Gasteiger partial charge in [0.1, 0.15) is 0 Å². The minimum Gasteiger partial charge on any atom is 1.00 e. The van der Waals surface area contributed by atoms with Crippen molar-refractivity contribution in [3.63, 3.8) is 0 Å². The van der Waals surface area contributed by atoms with Crippen molar-refractivity contribution in [3.8, 4) is 11.5 Å². The SMILES string of the molecule is O=C([O-])c1ccccc1[O][Hg][O]c1ccccc1C(=O)[O-].[Na+].[Na+]. The smallest absolute Gasteiger partial charge is 1.00 e. The second-order valence-electron chi connectivity index (χ2n) is 3.97. The largest absolute Gasteiger partial charge is 1.00 e. The molecule has 2 aromatic rings. The van der Waals surface area contributed by atoms with Gasteiger partial charge in [-0.3, -0.25) is 0 Å². The number of carbonyl (C=O) groups is 2. The molecule has 0 aliphatic rings. The van der Waals surface area contributed by atoms with Crippen LogP contribution in [0.25, 0.3) is 0 Å². The van der Waals surface area contributed by atoms with Crippen LogP contribution < -0.4 is 74.6 Å². The third-order valence-electron chi connectivity index (χ3n) is 2.64. The summed E-state index contributed by atoms with van der Waals surface area (Å²) in [7, 11) is 0. The first kappa shape index (κ1) is 22.9. The van der Waals surface area contributed by atoms with Gasteiger partial charge in [-0.1, -0.05) is 0 Å². The number of carbonyl (C=O) groups excluding carboxylic acids is 2. The number of carboxylic acid groups (broad SMARTS) is 2. The average molecular weight is 519 g/mol. The Hall–Kier alpha value is -0.0849. The summed E-state index contributed by atoms with van der Waals surface area (Å²) in [6.45, 7) is 0. The molecule has 0 saturated carbocycles. The van der Waals surface area contributed by atoms with Crippen LogP contribution in [0.4, 0.5) is 0 Å². The third kappa shape index (κ3) is 6.74. The standard InChI is InChI=1S/2C7H6O3.Hg.2Na/c2*8-6-4-2-1-3-5(6)7(9)10;;;/h2*1-4,8H,(H,9,10);;;/q;;+2;2*+1/p-4. The molecule has 0 heterocycles. The summed E-state index contributed by atoms with van der Waals surface area (Å²) in [5.41, 5.74) is -0.122. The van der Waals surface area contributed by atoms with Crippen molar-refractivity contribution in [1.82, 2.24) is 0 Å². The molecule has 0 unspecified atom stereocenters. The maximum Gasteiger partial charge on any atom is 1.00 e. The maximum atomic E-state index is 10.9. The molecule has 0 spiro atoms. The van der Waals surface area contributed by atoms with Gasteiger partial charge in [0.05, 0.1) is 0 Å². The summed E-state index contributed by atoms with van der Waals surface area (Å²) < 4.78 is 10.8. The number of benzene rings is 2. The van der Waals surface area contributed by atoms with Crippen LogP contribution in [0.3, 0.4) is 0 Å². The van der Waals surface area contributed by atoms with Crippen LogP contribution in [-0.2, 0) is 25.5 Å². The van der Waals surface area contributed by atoms with E-state index in [0.717, 1.165) is 0 Å². The van der Waals surface area contributed by atoms with Gasteiger partial charge in [0, 0.05) is 0 Å². The van der Waals surface area contributed by atoms with Crippen molar-refractivity contribution < 1.29 is 110 Å². The molecule has 2 aromatic carbocycles. The number of carboxylic acids is 2. The first-order valence-corrected chi connectivity index (χ1v) is 10.4. The predicted octanol–water partition coefficient (Wildman–Crippen LogP) is -6.21. The van der Waals surface area contributed by atoms with Crippen molar-refractivity contribution in [1.29, 1.82) is 0 Å². The van der Waals surface area contributed by atoms with E-state index in [4.69, 9.17) is 5.29 Å². The molecule has 0 aliphatic carbocycles. The molecule has 0 bridgehead atoms. The normalized spacial score (nSPS) is 8.70. The molecule has 0 fully saturated rings. The van der Waals surface area contributed by atoms with Crippen molar-refractivity contribution in [3.05, 3.63) is 59.7 Å². The van der Waals surface area contributed by atoms with Gasteiger partial charge >= 0.3 is 193 Å². The second-order valence-corrected chi connectivity index (χ2v) is 7.13. The van der Waals surface area contributed by atoms with Gasteiger partial charge in [0.25, 0.3) is 0 Å². The Balaban J connectivity index is 0.00000242. The molecule has 0 radical (unpaired) electrons. The minimum absolute atomic E-state index is 0. The van der Waals surface area contributed by atoms with Gasteiger partial charge in [-0.25, -0.2) is 0 Å². The summed E-state index contributed by atoms with van der Waals surface area (Å²) in [6, 6.07) is 12.1. The number of para-hydroxylation sites is 2. The molecule has 0 saturated heterocycles. The summed E-state index contributed by atoms with van der Waals surface area (Å²) >= 11 is -2.47. The van der Waals surface area contributed by atoms with Crippen molar-refractivity contribution in [2.75, 3.05) is 0 Å². The summed E-state index contributed by atoms with van der Waals surface area (Å²) in [6.07, 6.45) is 0. The zero-order valence-corrected chi connectivity index (χ0v) is 22.3. The van der Waals surface area contributed by atoms with Gasteiger partial charge in [-0.2, -0.15) is 0 Å². The zero-order valence-electron chi connectivity index (χ0n) is 12.8. The second kappa shape index (κ2) is 11.5. The van der Waals surface area contributed by atoms with Gasteiger partial charge in [-0.05, 0) is 0 Å². The van der Waals surface area contributed by atoms with E-state index < -0.39 is 37.4 Å². The monoisotopic (exact) mass is 520 g/mol. The summed E-state index contributed by atoms with van der Waals surface area (Å²) in [4.78, 5) is 21.8. The Bertz CT molecular complexity index is 622. The van der Waals surface area contributed by atoms with Gasteiger partial charge in [0.2, 0.25) is 0 Å². The molecule has 104 valence electrons. The van der Waals surface area contributed by atoms with E-state index in [-0.39, 0.29) is 81.7 Å². The molecule has 0 atom stereocenters. The topological polar surface area (TPSA) is 98.7 Å². The number of rotatable bonds is 6. The van der Waals surface area contributed by atoms with Gasteiger partial charge in [0.15, 0.2) is 0 Å². The van der Waals surface area contributed by atoms with Crippen LogP contribution in [0.15, 0.2) is 48.5 Å². The quantitative estimate of drug-likeness (QED) is 0.353. The van der Waals surface area contributed by atoms with Crippen LogP contribution in [0.2, 0.25) is 0 Å². The van der Waals surface area contributed by atoms with Crippen LogP contribution >= 0.6 is 0 Å². The Morgan fingerprint density at radius 1 is 0.739 bits per heavy atom. The third-order valence-corrected chi connectivity index (χ3v) is 5.98. The number of aromatic carboxylic acids is 2. The zero-order chi connectivity index (χ0) is 15.2. The van der Waals surface area contributed by atoms with Gasteiger partial charge in [-0.15, -0.1) is 0 Å². The average Bonchev–Trinajstić information content (AvgIpc) is 2.48. The summed E-state index contributed by atoms with van der Waals surface area (Å²) in [5, 5.41) is 21.8. The van der Waals surface area contributed by atoms with E-state index in [0.29, 0.717) is 0 Å². The van der Waals surface area contributed by atoms with E-state index in [1.807, 2.05) is 0 Å². The van der Waals surface area contributed by atoms with Crippen molar-refractivity contribution in [2.45, 2.75) is 0 Å². The van der Waals surface area contributed by atoms with Crippen molar-refractivity contribution in [2.24, 2.45) is 0 Å². The van der Waals surface area contributed by atoms with Crippen molar-refractivity contribution >= 4 is 11.9 Å². The molecule has 0 amide bonds. The van der Waals surface area contributed by atoms with E-state index in [9.17, 15) is 19.8 Å². The fourth-order valence-corrected chi connectivity index (χ4v) is 4.85. The first-order valence-electron chi connectivity index (χ1n) is 5.96. The Morgan fingerprint density at radius 3 is 1.43 bits per heavy atom. The van der Waals surface area contributed by atoms with E-state index in [1.54, 1.807) is 24.3 Å². The van der Waals surface area contributed by atoms with Gasteiger partial charge < -0.3 is 0 Å². The molecule has 2 rings (SSSR count). The maximum absolute atomic E-state index is 10.9. The first-order chi connectivity index (χ1) is 10.1. The van der Waals surface area contributed by atoms with E-state index in [1.165, 1.54) is 24.3 Å². The molecule has 0 aliphatic heterocycles. The molecular weight excluding hydrogens is 511 g/mol. The number of hydrogen-bond donors (Lipinski definition) is 0. The molecule has 9 heteroatoms. The summed E-state index contributed by atoms with van der Waals surface area (Å²) in [5.74, 6) is -2.33. The fourth-order valence-electron chi connectivity index (χ4n) is 1.68. The van der Waals surface area contributed by atoms with Crippen LogP contribution in [0, 0.1) is 0 Å². The van der Waals surface area contributed by atoms with E-state index in [2.05, 4.69) is 0 Å². The Morgan fingerprint density at radius 2 is 1.09 bits per heavy atom. The molecular formula is C14H8HgNa2O6. The molecule has 23 heavy (non-hydrogen) atoms. The van der Waals surface area contributed by atoms with Crippen LogP contribution in [-0.4, -0.2) is 11.9 Å².